The summed E-state index contributed by atoms with van der Waals surface area (Å²) in [4.78, 5) is 11.1. The van der Waals surface area contributed by atoms with Gasteiger partial charge in [0.05, 0.1) is 0 Å². The lowest BCUT2D eigenvalue weighted by atomic mass is 9.92. The normalized spacial score (nSPS) is 12.5. The van der Waals surface area contributed by atoms with Crippen molar-refractivity contribution in [2.75, 3.05) is 13.6 Å². The predicted molar refractivity (Wildman–Crippen MR) is 79.5 cm³/mol. The molecule has 1 N–H and O–H groups in total. The van der Waals surface area contributed by atoms with Gasteiger partial charge in [-0.3, -0.25) is 4.79 Å². The van der Waals surface area contributed by atoms with Gasteiger partial charge in [0.2, 0.25) is 0 Å². The molecule has 0 aromatic rings. The Bertz CT molecular complexity index is 146. The molecule has 2 atom stereocenters. The summed E-state index contributed by atoms with van der Waals surface area (Å²) < 4.78 is 0. The van der Waals surface area contributed by atoms with Gasteiger partial charge in [-0.1, -0.05) is 41.5 Å². The van der Waals surface area contributed by atoms with Crippen molar-refractivity contribution in [3.8, 4) is 0 Å². The molecule has 0 aromatic carbocycles. The van der Waals surface area contributed by atoms with E-state index in [0.29, 0.717) is 17.6 Å². The van der Waals surface area contributed by atoms with Crippen LogP contribution in [0.3, 0.4) is 0 Å². The molecule has 0 aliphatic carbocycles. The Hall–Kier alpha value is -0.370. The maximum atomic E-state index is 11.1. The van der Waals surface area contributed by atoms with E-state index in [0.717, 1.165) is 25.8 Å². The molecule has 0 saturated carbocycles. The van der Waals surface area contributed by atoms with Gasteiger partial charge in [-0.15, -0.1) is 0 Å². The van der Waals surface area contributed by atoms with Gasteiger partial charge in [0.25, 0.3) is 0 Å². The van der Waals surface area contributed by atoms with Crippen LogP contribution in [0.4, 0.5) is 0 Å². The number of rotatable bonds is 7. The van der Waals surface area contributed by atoms with Crippen LogP contribution in [-0.4, -0.2) is 19.4 Å². The zero-order valence-corrected chi connectivity index (χ0v) is 13.4. The summed E-state index contributed by atoms with van der Waals surface area (Å²) in [7, 11) is 1.97. The third-order valence-electron chi connectivity index (χ3n) is 2.63. The lowest BCUT2D eigenvalue weighted by Gasteiger charge is -2.14. The molecule has 0 amide bonds. The summed E-state index contributed by atoms with van der Waals surface area (Å²) in [6.45, 7) is 15.1. The molecule has 0 aromatic heterocycles. The molecule has 0 radical (unpaired) electrons. The highest BCUT2D eigenvalue weighted by atomic mass is 16.1. The van der Waals surface area contributed by atoms with Crippen LogP contribution in [0.5, 0.6) is 0 Å². The maximum absolute atomic E-state index is 11.1. The molecule has 0 heterocycles. The van der Waals surface area contributed by atoms with Crippen LogP contribution in [0.2, 0.25) is 0 Å². The molecule has 0 aliphatic rings. The fourth-order valence-electron chi connectivity index (χ4n) is 1.63. The third-order valence-corrected chi connectivity index (χ3v) is 2.63. The molecule has 0 fully saturated rings. The monoisotopic (exact) mass is 245 g/mol. The zero-order chi connectivity index (χ0) is 14.3. The number of carbonyl (C=O) groups excluding carboxylic acids is 1. The van der Waals surface area contributed by atoms with Gasteiger partial charge in [0.1, 0.15) is 5.78 Å². The van der Waals surface area contributed by atoms with Crippen LogP contribution in [-0.2, 0) is 4.79 Å². The fourth-order valence-corrected chi connectivity index (χ4v) is 1.63. The second-order valence-corrected chi connectivity index (χ2v) is 3.96. The summed E-state index contributed by atoms with van der Waals surface area (Å²) >= 11 is 0. The first-order valence-corrected chi connectivity index (χ1v) is 7.26. The van der Waals surface area contributed by atoms with Gasteiger partial charge < -0.3 is 5.32 Å². The van der Waals surface area contributed by atoms with Gasteiger partial charge in [0.15, 0.2) is 0 Å². The van der Waals surface area contributed by atoms with E-state index in [2.05, 4.69) is 19.2 Å². The van der Waals surface area contributed by atoms with Crippen LogP contribution < -0.4 is 5.32 Å². The highest BCUT2D eigenvalue weighted by molar-refractivity contribution is 5.78. The fraction of sp³-hybridized carbons (Fsp3) is 0.933. The molecular weight excluding hydrogens is 210 g/mol. The average Bonchev–Trinajstić information content (AvgIpc) is 2.35. The maximum Gasteiger partial charge on any atom is 0.132 e. The van der Waals surface area contributed by atoms with Gasteiger partial charge in [-0.25, -0.2) is 0 Å². The molecule has 17 heavy (non-hydrogen) atoms. The summed E-state index contributed by atoms with van der Waals surface area (Å²) in [6, 6.07) is 0. The largest absolute Gasteiger partial charge is 0.319 e. The number of hydrogen-bond acceptors (Lipinski definition) is 2. The van der Waals surface area contributed by atoms with E-state index >= 15 is 0 Å². The Morgan fingerprint density at radius 3 is 1.88 bits per heavy atom. The molecular formula is C15H35NO. The topological polar surface area (TPSA) is 29.1 Å². The first kappa shape index (κ1) is 21.9. The second kappa shape index (κ2) is 18.0. The Labute approximate surface area is 110 Å². The van der Waals surface area contributed by atoms with Crippen LogP contribution in [0.1, 0.15) is 67.7 Å². The molecule has 0 bridgehead atoms. The van der Waals surface area contributed by atoms with E-state index in [-0.39, 0.29) is 0 Å². The molecule has 0 spiro atoms. The standard InChI is InChI=1S/C11H23NO.2C2H6/c1-5-11(10(3)13)7-6-9(2)8-12-4;2*1-2/h9,11-12H,5-8H2,1-4H3;2*1-2H3. The quantitative estimate of drug-likeness (QED) is 0.725. The summed E-state index contributed by atoms with van der Waals surface area (Å²) in [6.07, 6.45) is 3.19. The van der Waals surface area contributed by atoms with Crippen LogP contribution in [0, 0.1) is 11.8 Å². The number of carbonyl (C=O) groups is 1. The minimum Gasteiger partial charge on any atom is -0.319 e. The minimum atomic E-state index is 0.291. The Morgan fingerprint density at radius 1 is 1.12 bits per heavy atom. The van der Waals surface area contributed by atoms with E-state index in [9.17, 15) is 4.79 Å². The molecule has 0 rings (SSSR count). The predicted octanol–water partition coefficient (Wildman–Crippen LogP) is 4.29. The highest BCUT2D eigenvalue weighted by Gasteiger charge is 2.12. The van der Waals surface area contributed by atoms with Crippen molar-refractivity contribution in [3.05, 3.63) is 0 Å². The van der Waals surface area contributed by atoms with Crippen molar-refractivity contribution in [3.63, 3.8) is 0 Å². The first-order valence-electron chi connectivity index (χ1n) is 7.26. The van der Waals surface area contributed by atoms with E-state index < -0.39 is 0 Å². The van der Waals surface area contributed by atoms with Gasteiger partial charge in [-0.2, -0.15) is 0 Å². The lowest BCUT2D eigenvalue weighted by Crippen LogP contribution is -2.18. The van der Waals surface area contributed by atoms with Gasteiger partial charge >= 0.3 is 0 Å². The molecule has 106 valence electrons. The summed E-state index contributed by atoms with van der Waals surface area (Å²) in [5.74, 6) is 1.32. The highest BCUT2D eigenvalue weighted by Crippen LogP contribution is 2.15. The summed E-state index contributed by atoms with van der Waals surface area (Å²) in [5, 5.41) is 3.15. The second-order valence-electron chi connectivity index (χ2n) is 3.96. The van der Waals surface area contributed by atoms with E-state index in [1.54, 1.807) is 6.92 Å². The van der Waals surface area contributed by atoms with Crippen molar-refractivity contribution in [2.45, 2.75) is 67.7 Å². The zero-order valence-electron chi connectivity index (χ0n) is 13.4. The van der Waals surface area contributed by atoms with Crippen LogP contribution in [0.25, 0.3) is 0 Å². The Kier molecular flexibility index (Phi) is 23.2. The SMILES string of the molecule is CC.CC.CCC(CCC(C)CNC)C(C)=O. The van der Waals surface area contributed by atoms with Crippen molar-refractivity contribution in [1.82, 2.24) is 5.32 Å². The lowest BCUT2D eigenvalue weighted by molar-refractivity contribution is -0.121. The minimum absolute atomic E-state index is 0.291. The number of hydrogen-bond donors (Lipinski definition) is 1. The number of nitrogens with one attached hydrogen (secondary N) is 1. The first-order chi connectivity index (χ1) is 8.11. The van der Waals surface area contributed by atoms with Crippen molar-refractivity contribution < 1.29 is 4.79 Å². The number of ketones is 1. The van der Waals surface area contributed by atoms with Crippen LogP contribution in [0.15, 0.2) is 0 Å². The molecule has 2 heteroatoms. The van der Waals surface area contributed by atoms with Crippen molar-refractivity contribution in [2.24, 2.45) is 11.8 Å². The molecule has 0 saturated heterocycles. The number of Topliss-reactive ketones (excluding diaryl/α,β-unsaturated/α-hetero) is 1. The smallest absolute Gasteiger partial charge is 0.132 e. The Balaban J connectivity index is -0.000000439. The van der Waals surface area contributed by atoms with Crippen molar-refractivity contribution in [1.29, 1.82) is 0 Å². The summed E-state index contributed by atoms with van der Waals surface area (Å²) in [5.41, 5.74) is 0. The van der Waals surface area contributed by atoms with Crippen LogP contribution >= 0.6 is 0 Å². The molecule has 0 aliphatic heterocycles. The average molecular weight is 245 g/mol. The molecule has 2 nitrogen and oxygen atoms in total. The van der Waals surface area contributed by atoms with E-state index in [1.807, 2.05) is 34.7 Å². The Morgan fingerprint density at radius 2 is 1.59 bits per heavy atom. The van der Waals surface area contributed by atoms with Crippen molar-refractivity contribution >= 4 is 5.78 Å². The van der Waals surface area contributed by atoms with E-state index in [1.165, 1.54) is 0 Å². The van der Waals surface area contributed by atoms with Gasteiger partial charge in [-0.05, 0) is 45.7 Å². The van der Waals surface area contributed by atoms with E-state index in [4.69, 9.17) is 0 Å². The molecule has 2 unspecified atom stereocenters. The van der Waals surface area contributed by atoms with Gasteiger partial charge in [0, 0.05) is 5.92 Å². The third kappa shape index (κ3) is 15.6.